The minimum Gasteiger partial charge on any atom is -0.334 e. The molecule has 0 aliphatic rings. The van der Waals surface area contributed by atoms with Gasteiger partial charge in [0.1, 0.15) is 5.82 Å². The van der Waals surface area contributed by atoms with Gasteiger partial charge in [-0.05, 0) is 23.1 Å². The standard InChI is InChI=1S/C17H13N5OS2/c1-2-4-12(5-3-1)6-7-14-19-17(21-20-14)25-11-15-18-16(23-22-15)13-8-9-24-10-13/h1-10H,11H2,(H,19,20,21)/b7-6+. The molecule has 0 amide bonds. The summed E-state index contributed by atoms with van der Waals surface area (Å²) in [4.78, 5) is 8.80. The summed E-state index contributed by atoms with van der Waals surface area (Å²) in [6.07, 6.45) is 3.89. The Balaban J connectivity index is 1.36. The maximum absolute atomic E-state index is 5.26. The van der Waals surface area contributed by atoms with E-state index in [0.29, 0.717) is 28.4 Å². The number of thiophene rings is 1. The smallest absolute Gasteiger partial charge is 0.258 e. The molecule has 0 saturated heterocycles. The molecule has 0 aliphatic carbocycles. The number of thioether (sulfide) groups is 1. The van der Waals surface area contributed by atoms with E-state index in [-0.39, 0.29) is 0 Å². The molecule has 1 aromatic carbocycles. The summed E-state index contributed by atoms with van der Waals surface area (Å²) in [5, 5.41) is 15.7. The van der Waals surface area contributed by atoms with Crippen LogP contribution in [0, 0.1) is 0 Å². The van der Waals surface area contributed by atoms with Gasteiger partial charge in [0.05, 0.1) is 11.3 Å². The summed E-state index contributed by atoms with van der Waals surface area (Å²) in [6.45, 7) is 0. The van der Waals surface area contributed by atoms with Gasteiger partial charge in [-0.15, -0.1) is 5.10 Å². The highest BCUT2D eigenvalue weighted by atomic mass is 32.2. The Kier molecular flexibility index (Phi) is 4.71. The van der Waals surface area contributed by atoms with Crippen molar-refractivity contribution in [2.75, 3.05) is 0 Å². The van der Waals surface area contributed by atoms with Crippen LogP contribution in [0.25, 0.3) is 23.6 Å². The van der Waals surface area contributed by atoms with Gasteiger partial charge in [0.25, 0.3) is 5.89 Å². The molecule has 0 atom stereocenters. The SMILES string of the molecule is C(=C\c1nc(SCc2noc(-c3ccsc3)n2)n[nH]1)/c1ccccc1. The summed E-state index contributed by atoms with van der Waals surface area (Å²) in [5.74, 6) is 2.42. The number of aromatic nitrogens is 5. The number of hydrogen-bond donors (Lipinski definition) is 1. The number of nitrogens with zero attached hydrogens (tertiary/aromatic N) is 4. The van der Waals surface area contributed by atoms with Crippen molar-refractivity contribution in [1.29, 1.82) is 0 Å². The number of benzene rings is 1. The zero-order valence-corrected chi connectivity index (χ0v) is 14.6. The molecule has 8 heteroatoms. The molecular weight excluding hydrogens is 354 g/mol. The Morgan fingerprint density at radius 1 is 1.12 bits per heavy atom. The molecule has 25 heavy (non-hydrogen) atoms. The summed E-state index contributed by atoms with van der Waals surface area (Å²) in [5.41, 5.74) is 2.06. The van der Waals surface area contributed by atoms with E-state index in [1.165, 1.54) is 11.8 Å². The zero-order chi connectivity index (χ0) is 16.9. The van der Waals surface area contributed by atoms with Crippen molar-refractivity contribution >= 4 is 35.3 Å². The predicted molar refractivity (Wildman–Crippen MR) is 98.9 cm³/mol. The van der Waals surface area contributed by atoms with Crippen LogP contribution in [0.5, 0.6) is 0 Å². The molecule has 0 bridgehead atoms. The first-order chi connectivity index (χ1) is 12.4. The topological polar surface area (TPSA) is 80.5 Å². The van der Waals surface area contributed by atoms with Crippen LogP contribution in [-0.4, -0.2) is 25.3 Å². The van der Waals surface area contributed by atoms with Gasteiger partial charge in [-0.2, -0.15) is 16.3 Å². The first kappa shape index (κ1) is 15.8. The van der Waals surface area contributed by atoms with E-state index in [1.54, 1.807) is 11.3 Å². The van der Waals surface area contributed by atoms with Crippen molar-refractivity contribution < 1.29 is 4.52 Å². The first-order valence-electron chi connectivity index (χ1n) is 7.50. The van der Waals surface area contributed by atoms with Gasteiger partial charge in [0.15, 0.2) is 5.82 Å². The van der Waals surface area contributed by atoms with Crippen LogP contribution in [0.3, 0.4) is 0 Å². The molecule has 0 radical (unpaired) electrons. The Bertz CT molecular complexity index is 960. The summed E-state index contributed by atoms with van der Waals surface area (Å²) < 4.78 is 5.26. The summed E-state index contributed by atoms with van der Waals surface area (Å²) in [6, 6.07) is 12.0. The molecule has 4 aromatic rings. The highest BCUT2D eigenvalue weighted by Crippen LogP contribution is 2.23. The van der Waals surface area contributed by atoms with Crippen molar-refractivity contribution in [2.24, 2.45) is 0 Å². The van der Waals surface area contributed by atoms with E-state index in [4.69, 9.17) is 4.52 Å². The molecule has 0 fully saturated rings. The van der Waals surface area contributed by atoms with E-state index in [1.807, 2.05) is 59.3 Å². The molecule has 0 spiro atoms. The molecule has 0 saturated carbocycles. The fourth-order valence-electron chi connectivity index (χ4n) is 2.08. The largest absolute Gasteiger partial charge is 0.334 e. The van der Waals surface area contributed by atoms with Gasteiger partial charge in [0.2, 0.25) is 5.16 Å². The van der Waals surface area contributed by atoms with Crippen LogP contribution < -0.4 is 0 Å². The molecule has 6 nitrogen and oxygen atoms in total. The lowest BCUT2D eigenvalue weighted by Gasteiger charge is -1.90. The van der Waals surface area contributed by atoms with Crippen LogP contribution in [0.15, 0.2) is 56.8 Å². The van der Waals surface area contributed by atoms with Crippen LogP contribution in [0.4, 0.5) is 0 Å². The molecular formula is C17H13N5OS2. The van der Waals surface area contributed by atoms with Gasteiger partial charge in [-0.3, -0.25) is 5.10 Å². The fraction of sp³-hybridized carbons (Fsp3) is 0.0588. The summed E-state index contributed by atoms with van der Waals surface area (Å²) >= 11 is 3.05. The molecule has 3 aromatic heterocycles. The van der Waals surface area contributed by atoms with E-state index in [9.17, 15) is 0 Å². The maximum atomic E-state index is 5.26. The number of aromatic amines is 1. The number of H-pyrrole nitrogens is 1. The van der Waals surface area contributed by atoms with E-state index < -0.39 is 0 Å². The third-order valence-corrected chi connectivity index (χ3v) is 4.81. The third-order valence-electron chi connectivity index (χ3n) is 3.28. The zero-order valence-electron chi connectivity index (χ0n) is 13.0. The quantitative estimate of drug-likeness (QED) is 0.509. The van der Waals surface area contributed by atoms with E-state index >= 15 is 0 Å². The van der Waals surface area contributed by atoms with E-state index in [2.05, 4.69) is 25.3 Å². The summed E-state index contributed by atoms with van der Waals surface area (Å²) in [7, 11) is 0. The van der Waals surface area contributed by atoms with Gasteiger partial charge in [0, 0.05) is 5.38 Å². The third kappa shape index (κ3) is 4.04. The van der Waals surface area contributed by atoms with Crippen molar-refractivity contribution in [3.8, 4) is 11.5 Å². The second kappa shape index (κ2) is 7.45. The molecule has 0 aliphatic heterocycles. The molecule has 0 unspecified atom stereocenters. The van der Waals surface area contributed by atoms with Gasteiger partial charge in [-0.1, -0.05) is 53.3 Å². The Hall–Kier alpha value is -2.71. The minimum atomic E-state index is 0.540. The first-order valence-corrected chi connectivity index (χ1v) is 9.43. The average Bonchev–Trinajstić information content (AvgIpc) is 3.40. The van der Waals surface area contributed by atoms with Gasteiger partial charge >= 0.3 is 0 Å². The Labute approximate surface area is 152 Å². The van der Waals surface area contributed by atoms with Crippen LogP contribution >= 0.6 is 23.1 Å². The highest BCUT2D eigenvalue weighted by molar-refractivity contribution is 7.98. The second-order valence-corrected chi connectivity index (χ2v) is 6.79. The maximum Gasteiger partial charge on any atom is 0.258 e. The lowest BCUT2D eigenvalue weighted by atomic mass is 10.2. The molecule has 4 rings (SSSR count). The molecule has 1 N–H and O–H groups in total. The number of rotatable bonds is 6. The van der Waals surface area contributed by atoms with Gasteiger partial charge < -0.3 is 4.52 Å². The van der Waals surface area contributed by atoms with Crippen molar-refractivity contribution in [1.82, 2.24) is 25.3 Å². The normalized spacial score (nSPS) is 11.4. The fourth-order valence-corrected chi connectivity index (χ4v) is 3.36. The lowest BCUT2D eigenvalue weighted by Crippen LogP contribution is -1.85. The second-order valence-electron chi connectivity index (χ2n) is 5.06. The van der Waals surface area contributed by atoms with Crippen LogP contribution in [0.1, 0.15) is 17.2 Å². The Morgan fingerprint density at radius 2 is 2.04 bits per heavy atom. The van der Waals surface area contributed by atoms with Crippen molar-refractivity contribution in [2.45, 2.75) is 10.9 Å². The van der Waals surface area contributed by atoms with Crippen LogP contribution in [-0.2, 0) is 5.75 Å². The van der Waals surface area contributed by atoms with Crippen molar-refractivity contribution in [3.63, 3.8) is 0 Å². The molecule has 3 heterocycles. The Morgan fingerprint density at radius 3 is 2.88 bits per heavy atom. The highest BCUT2D eigenvalue weighted by Gasteiger charge is 2.10. The lowest BCUT2D eigenvalue weighted by molar-refractivity contribution is 0.425. The van der Waals surface area contributed by atoms with Gasteiger partial charge in [-0.25, -0.2) is 4.98 Å². The van der Waals surface area contributed by atoms with E-state index in [0.717, 1.165) is 11.1 Å². The minimum absolute atomic E-state index is 0.540. The number of hydrogen-bond acceptors (Lipinski definition) is 7. The molecule has 124 valence electrons. The number of nitrogens with one attached hydrogen (secondary N) is 1. The van der Waals surface area contributed by atoms with Crippen molar-refractivity contribution in [3.05, 3.63) is 64.4 Å². The average molecular weight is 367 g/mol. The predicted octanol–water partition coefficient (Wildman–Crippen LogP) is 4.38. The van der Waals surface area contributed by atoms with Crippen LogP contribution in [0.2, 0.25) is 0 Å². The monoisotopic (exact) mass is 367 g/mol.